The van der Waals surface area contributed by atoms with Gasteiger partial charge in [0.1, 0.15) is 5.75 Å². The molecule has 1 fully saturated rings. The molecule has 0 spiro atoms. The maximum atomic E-state index is 5.23. The minimum Gasteiger partial charge on any atom is -0.497 e. The van der Waals surface area contributed by atoms with Crippen LogP contribution >= 0.6 is 0 Å². The molecule has 17 heavy (non-hydrogen) atoms. The number of ether oxygens (including phenoxy) is 1. The highest BCUT2D eigenvalue weighted by atomic mass is 16.5. The van der Waals surface area contributed by atoms with Gasteiger partial charge in [0, 0.05) is 6.04 Å². The molecule has 0 bridgehead atoms. The van der Waals surface area contributed by atoms with Gasteiger partial charge in [0.05, 0.1) is 7.11 Å². The van der Waals surface area contributed by atoms with Gasteiger partial charge < -0.3 is 10.1 Å². The van der Waals surface area contributed by atoms with Gasteiger partial charge in [-0.05, 0) is 49.9 Å². The average molecular weight is 233 g/mol. The Balaban J connectivity index is 1.66. The molecule has 0 unspecified atom stereocenters. The first-order chi connectivity index (χ1) is 8.38. The molecule has 1 aromatic rings. The van der Waals surface area contributed by atoms with Crippen LogP contribution in [-0.2, 0) is 6.42 Å². The minimum atomic E-state index is 0.792. The number of rotatable bonds is 6. The second kappa shape index (κ2) is 6.65. The summed E-state index contributed by atoms with van der Waals surface area (Å²) in [6.07, 6.45) is 7.92. The summed E-state index contributed by atoms with van der Waals surface area (Å²) >= 11 is 0. The first-order valence-electron chi connectivity index (χ1n) is 6.75. The Morgan fingerprint density at radius 1 is 1.29 bits per heavy atom. The smallest absolute Gasteiger partial charge is 0.119 e. The number of aryl methyl sites for hydroxylation is 1. The quantitative estimate of drug-likeness (QED) is 0.762. The Morgan fingerprint density at radius 3 is 2.88 bits per heavy atom. The van der Waals surface area contributed by atoms with E-state index < -0.39 is 0 Å². The van der Waals surface area contributed by atoms with Gasteiger partial charge in [-0.3, -0.25) is 0 Å². The lowest BCUT2D eigenvalue weighted by atomic mass is 10.1. The van der Waals surface area contributed by atoms with Crippen molar-refractivity contribution in [3.05, 3.63) is 29.8 Å². The zero-order valence-electron chi connectivity index (χ0n) is 10.7. The lowest BCUT2D eigenvalue weighted by Crippen LogP contribution is -2.27. The molecule has 0 radical (unpaired) electrons. The summed E-state index contributed by atoms with van der Waals surface area (Å²) in [5.74, 6) is 0.964. The van der Waals surface area contributed by atoms with Gasteiger partial charge in [-0.2, -0.15) is 0 Å². The highest BCUT2D eigenvalue weighted by Crippen LogP contribution is 2.18. The number of hydrogen-bond donors (Lipinski definition) is 1. The Hall–Kier alpha value is -1.02. The SMILES string of the molecule is COc1cccc(CCCNC2CCCC2)c1. The highest BCUT2D eigenvalue weighted by Gasteiger charge is 2.13. The fraction of sp³-hybridized carbons (Fsp3) is 0.600. The van der Waals surface area contributed by atoms with Gasteiger partial charge in [0.15, 0.2) is 0 Å². The van der Waals surface area contributed by atoms with E-state index in [2.05, 4.69) is 23.5 Å². The molecule has 1 aliphatic rings. The van der Waals surface area contributed by atoms with Crippen molar-refractivity contribution in [2.45, 2.75) is 44.6 Å². The third kappa shape index (κ3) is 4.04. The molecule has 94 valence electrons. The summed E-state index contributed by atoms with van der Waals surface area (Å²) in [4.78, 5) is 0. The first kappa shape index (κ1) is 12.4. The Morgan fingerprint density at radius 2 is 2.12 bits per heavy atom. The summed E-state index contributed by atoms with van der Waals surface area (Å²) in [5.41, 5.74) is 1.37. The molecule has 2 heteroatoms. The molecule has 0 aliphatic heterocycles. The zero-order chi connectivity index (χ0) is 11.9. The second-order valence-electron chi connectivity index (χ2n) is 4.89. The normalized spacial score (nSPS) is 16.3. The lowest BCUT2D eigenvalue weighted by Gasteiger charge is -2.11. The van der Waals surface area contributed by atoms with Crippen molar-refractivity contribution in [2.24, 2.45) is 0 Å². The summed E-state index contributed by atoms with van der Waals surface area (Å²) in [5, 5.41) is 3.65. The van der Waals surface area contributed by atoms with E-state index in [1.54, 1.807) is 7.11 Å². The van der Waals surface area contributed by atoms with E-state index in [-0.39, 0.29) is 0 Å². The maximum Gasteiger partial charge on any atom is 0.119 e. The maximum absolute atomic E-state index is 5.23. The average Bonchev–Trinajstić information content (AvgIpc) is 2.88. The van der Waals surface area contributed by atoms with E-state index in [1.807, 2.05) is 6.07 Å². The van der Waals surface area contributed by atoms with Gasteiger partial charge in [-0.25, -0.2) is 0 Å². The fourth-order valence-corrected chi connectivity index (χ4v) is 2.56. The van der Waals surface area contributed by atoms with Crippen molar-refractivity contribution in [1.29, 1.82) is 0 Å². The van der Waals surface area contributed by atoms with Crippen LogP contribution in [0.5, 0.6) is 5.75 Å². The minimum absolute atomic E-state index is 0.792. The van der Waals surface area contributed by atoms with E-state index in [1.165, 1.54) is 37.7 Å². The standard InChI is InChI=1S/C15H23NO/c1-17-15-10-4-6-13(12-15)7-5-11-16-14-8-2-3-9-14/h4,6,10,12,14,16H,2-3,5,7-9,11H2,1H3. The summed E-state index contributed by atoms with van der Waals surface area (Å²) in [6, 6.07) is 9.17. The third-order valence-electron chi connectivity index (χ3n) is 3.56. The molecule has 0 saturated heterocycles. The van der Waals surface area contributed by atoms with Crippen molar-refractivity contribution in [3.63, 3.8) is 0 Å². The van der Waals surface area contributed by atoms with Crippen molar-refractivity contribution >= 4 is 0 Å². The monoisotopic (exact) mass is 233 g/mol. The van der Waals surface area contributed by atoms with E-state index >= 15 is 0 Å². The third-order valence-corrected chi connectivity index (χ3v) is 3.56. The molecule has 1 aliphatic carbocycles. The Bertz CT molecular complexity index is 331. The summed E-state index contributed by atoms with van der Waals surface area (Å²) < 4.78 is 5.23. The van der Waals surface area contributed by atoms with Crippen LogP contribution in [-0.4, -0.2) is 19.7 Å². The Labute approximate surface area is 104 Å². The van der Waals surface area contributed by atoms with Gasteiger partial charge in [0.2, 0.25) is 0 Å². The largest absolute Gasteiger partial charge is 0.497 e. The van der Waals surface area contributed by atoms with Crippen LogP contribution < -0.4 is 10.1 Å². The van der Waals surface area contributed by atoms with E-state index in [4.69, 9.17) is 4.74 Å². The molecule has 0 atom stereocenters. The van der Waals surface area contributed by atoms with Crippen LogP contribution in [0.1, 0.15) is 37.7 Å². The van der Waals surface area contributed by atoms with Gasteiger partial charge in [0.25, 0.3) is 0 Å². The molecule has 1 aromatic carbocycles. The molecule has 2 rings (SSSR count). The van der Waals surface area contributed by atoms with Crippen LogP contribution in [0.25, 0.3) is 0 Å². The van der Waals surface area contributed by atoms with Crippen molar-refractivity contribution in [1.82, 2.24) is 5.32 Å². The predicted octanol–water partition coefficient (Wildman–Crippen LogP) is 3.16. The first-order valence-corrected chi connectivity index (χ1v) is 6.75. The molecular weight excluding hydrogens is 210 g/mol. The second-order valence-corrected chi connectivity index (χ2v) is 4.89. The van der Waals surface area contributed by atoms with Crippen molar-refractivity contribution in [3.8, 4) is 5.75 Å². The molecule has 0 heterocycles. The predicted molar refractivity (Wildman–Crippen MR) is 71.6 cm³/mol. The van der Waals surface area contributed by atoms with E-state index in [0.717, 1.165) is 24.8 Å². The van der Waals surface area contributed by atoms with E-state index in [9.17, 15) is 0 Å². The molecule has 1 saturated carbocycles. The van der Waals surface area contributed by atoms with Gasteiger partial charge >= 0.3 is 0 Å². The van der Waals surface area contributed by atoms with E-state index in [0.29, 0.717) is 0 Å². The zero-order valence-corrected chi connectivity index (χ0v) is 10.7. The van der Waals surface area contributed by atoms with Crippen LogP contribution in [0, 0.1) is 0 Å². The number of hydrogen-bond acceptors (Lipinski definition) is 2. The summed E-state index contributed by atoms with van der Waals surface area (Å²) in [7, 11) is 1.72. The number of benzene rings is 1. The van der Waals surface area contributed by atoms with Crippen LogP contribution in [0.2, 0.25) is 0 Å². The molecule has 0 amide bonds. The van der Waals surface area contributed by atoms with Gasteiger partial charge in [-0.15, -0.1) is 0 Å². The highest BCUT2D eigenvalue weighted by molar-refractivity contribution is 5.28. The van der Waals surface area contributed by atoms with Crippen LogP contribution in [0.4, 0.5) is 0 Å². The molecule has 2 nitrogen and oxygen atoms in total. The molecule has 1 N–H and O–H groups in total. The topological polar surface area (TPSA) is 21.3 Å². The van der Waals surface area contributed by atoms with Crippen molar-refractivity contribution in [2.75, 3.05) is 13.7 Å². The fourth-order valence-electron chi connectivity index (χ4n) is 2.56. The van der Waals surface area contributed by atoms with Gasteiger partial charge in [-0.1, -0.05) is 25.0 Å². The lowest BCUT2D eigenvalue weighted by molar-refractivity contribution is 0.414. The Kier molecular flexibility index (Phi) is 4.87. The summed E-state index contributed by atoms with van der Waals surface area (Å²) in [6.45, 7) is 1.14. The van der Waals surface area contributed by atoms with Crippen LogP contribution in [0.15, 0.2) is 24.3 Å². The van der Waals surface area contributed by atoms with Crippen LogP contribution in [0.3, 0.4) is 0 Å². The number of methoxy groups -OCH3 is 1. The number of nitrogens with one attached hydrogen (secondary N) is 1. The molecular formula is C15H23NO. The van der Waals surface area contributed by atoms with Crippen molar-refractivity contribution < 1.29 is 4.74 Å². The molecule has 0 aromatic heterocycles.